The SMILES string of the molecule is CN1CCN(NS(=O)(=O)c2cc(CN)ccc2Br)CC1. The van der Waals surface area contributed by atoms with Crippen molar-refractivity contribution in [3.8, 4) is 0 Å². The zero-order chi connectivity index (χ0) is 14.8. The van der Waals surface area contributed by atoms with Crippen molar-refractivity contribution in [2.75, 3.05) is 33.2 Å². The number of halogens is 1. The number of nitrogens with two attached hydrogens (primary N) is 1. The lowest BCUT2D eigenvalue weighted by Crippen LogP contribution is -2.52. The molecule has 0 radical (unpaired) electrons. The summed E-state index contributed by atoms with van der Waals surface area (Å²) in [5.41, 5.74) is 6.35. The van der Waals surface area contributed by atoms with Gasteiger partial charge in [0.2, 0.25) is 0 Å². The van der Waals surface area contributed by atoms with Gasteiger partial charge in [0.25, 0.3) is 10.0 Å². The molecule has 1 saturated heterocycles. The van der Waals surface area contributed by atoms with E-state index in [4.69, 9.17) is 5.73 Å². The van der Waals surface area contributed by atoms with E-state index in [0.29, 0.717) is 24.1 Å². The molecule has 2 rings (SSSR count). The van der Waals surface area contributed by atoms with Gasteiger partial charge < -0.3 is 10.6 Å². The summed E-state index contributed by atoms with van der Waals surface area (Å²) in [6, 6.07) is 5.11. The standard InChI is InChI=1S/C12H19BrN4O2S/c1-16-4-6-17(7-5-16)15-20(18,19)12-8-10(9-14)2-3-11(12)13/h2-3,8,15H,4-7,9,14H2,1H3. The molecule has 8 heteroatoms. The molecule has 0 atom stereocenters. The van der Waals surface area contributed by atoms with Crippen molar-refractivity contribution in [3.05, 3.63) is 28.2 Å². The minimum Gasteiger partial charge on any atom is -0.326 e. The zero-order valence-electron chi connectivity index (χ0n) is 11.3. The number of likely N-dealkylation sites (N-methyl/N-ethyl adjacent to an activating group) is 1. The molecule has 0 aliphatic carbocycles. The van der Waals surface area contributed by atoms with Gasteiger partial charge in [0.05, 0.1) is 4.90 Å². The fourth-order valence-electron chi connectivity index (χ4n) is 2.00. The third-order valence-electron chi connectivity index (χ3n) is 3.27. The first-order valence-electron chi connectivity index (χ1n) is 6.37. The first-order valence-corrected chi connectivity index (χ1v) is 8.64. The summed E-state index contributed by atoms with van der Waals surface area (Å²) in [5.74, 6) is 0. The molecular weight excluding hydrogens is 344 g/mol. The highest BCUT2D eigenvalue weighted by Gasteiger charge is 2.23. The fraction of sp³-hybridized carbons (Fsp3) is 0.500. The van der Waals surface area contributed by atoms with E-state index < -0.39 is 10.0 Å². The maximum Gasteiger partial charge on any atom is 0.254 e. The Morgan fingerprint density at radius 1 is 1.30 bits per heavy atom. The molecule has 0 spiro atoms. The van der Waals surface area contributed by atoms with Gasteiger partial charge in [-0.2, -0.15) is 0 Å². The normalized spacial score (nSPS) is 18.4. The first kappa shape index (κ1) is 15.9. The van der Waals surface area contributed by atoms with Crippen molar-refractivity contribution in [3.63, 3.8) is 0 Å². The highest BCUT2D eigenvalue weighted by molar-refractivity contribution is 9.10. The van der Waals surface area contributed by atoms with E-state index in [0.717, 1.165) is 18.7 Å². The van der Waals surface area contributed by atoms with E-state index in [1.165, 1.54) is 0 Å². The maximum absolute atomic E-state index is 12.4. The summed E-state index contributed by atoms with van der Waals surface area (Å²) in [7, 11) is -1.56. The fourth-order valence-corrected chi connectivity index (χ4v) is 4.14. The average Bonchev–Trinajstić information content (AvgIpc) is 2.41. The van der Waals surface area contributed by atoms with Crippen LogP contribution in [-0.4, -0.2) is 51.6 Å². The molecule has 6 nitrogen and oxygen atoms in total. The number of hydrazine groups is 1. The molecular formula is C12H19BrN4O2S. The summed E-state index contributed by atoms with van der Waals surface area (Å²) in [5, 5.41) is 1.73. The van der Waals surface area contributed by atoms with Crippen LogP contribution in [0.2, 0.25) is 0 Å². The molecule has 20 heavy (non-hydrogen) atoms. The van der Waals surface area contributed by atoms with E-state index in [-0.39, 0.29) is 4.90 Å². The summed E-state index contributed by atoms with van der Waals surface area (Å²) in [6.45, 7) is 3.33. The number of benzene rings is 1. The van der Waals surface area contributed by atoms with Gasteiger partial charge >= 0.3 is 0 Å². The van der Waals surface area contributed by atoms with Crippen LogP contribution < -0.4 is 10.6 Å². The van der Waals surface area contributed by atoms with Crippen LogP contribution in [-0.2, 0) is 16.6 Å². The minimum atomic E-state index is -3.59. The third-order valence-corrected chi connectivity index (χ3v) is 5.64. The molecule has 0 bridgehead atoms. The number of nitrogens with zero attached hydrogens (tertiary/aromatic N) is 2. The lowest BCUT2D eigenvalue weighted by molar-refractivity contribution is 0.135. The van der Waals surface area contributed by atoms with Crippen molar-refractivity contribution >= 4 is 26.0 Å². The van der Waals surface area contributed by atoms with Crippen LogP contribution in [0, 0.1) is 0 Å². The topological polar surface area (TPSA) is 78.7 Å². The molecule has 0 saturated carbocycles. The summed E-state index contributed by atoms with van der Waals surface area (Å²) >= 11 is 3.28. The predicted octanol–water partition coefficient (Wildman–Crippen LogP) is 0.349. The predicted molar refractivity (Wildman–Crippen MR) is 81.4 cm³/mol. The Kier molecular flexibility index (Phi) is 5.16. The second kappa shape index (κ2) is 6.50. The molecule has 1 aromatic carbocycles. The van der Waals surface area contributed by atoms with Crippen molar-refractivity contribution in [2.45, 2.75) is 11.4 Å². The van der Waals surface area contributed by atoms with Gasteiger partial charge in [-0.3, -0.25) is 0 Å². The third kappa shape index (κ3) is 3.78. The Bertz CT molecular complexity index is 571. The number of piperazine rings is 1. The van der Waals surface area contributed by atoms with Gasteiger partial charge in [-0.15, -0.1) is 4.83 Å². The van der Waals surface area contributed by atoms with Gasteiger partial charge in [0, 0.05) is 37.2 Å². The molecule has 0 aromatic heterocycles. The molecule has 1 aromatic rings. The quantitative estimate of drug-likeness (QED) is 0.807. The van der Waals surface area contributed by atoms with Crippen molar-refractivity contribution in [1.29, 1.82) is 0 Å². The smallest absolute Gasteiger partial charge is 0.254 e. The molecule has 112 valence electrons. The van der Waals surface area contributed by atoms with Crippen LogP contribution in [0.15, 0.2) is 27.6 Å². The first-order chi connectivity index (χ1) is 9.42. The zero-order valence-corrected chi connectivity index (χ0v) is 13.7. The molecule has 3 N–H and O–H groups in total. The van der Waals surface area contributed by atoms with Crippen LogP contribution in [0.4, 0.5) is 0 Å². The van der Waals surface area contributed by atoms with E-state index in [1.54, 1.807) is 23.2 Å². The number of rotatable bonds is 4. The van der Waals surface area contributed by atoms with Crippen LogP contribution in [0.25, 0.3) is 0 Å². The van der Waals surface area contributed by atoms with Gasteiger partial charge in [0.1, 0.15) is 0 Å². The Labute approximate surface area is 128 Å². The van der Waals surface area contributed by atoms with Gasteiger partial charge in [-0.1, -0.05) is 6.07 Å². The molecule has 1 fully saturated rings. The molecule has 0 amide bonds. The molecule has 1 aliphatic heterocycles. The summed E-state index contributed by atoms with van der Waals surface area (Å²) < 4.78 is 25.4. The largest absolute Gasteiger partial charge is 0.326 e. The van der Waals surface area contributed by atoms with Crippen molar-refractivity contribution < 1.29 is 8.42 Å². The van der Waals surface area contributed by atoms with Crippen molar-refractivity contribution in [1.82, 2.24) is 14.7 Å². The lowest BCUT2D eigenvalue weighted by atomic mass is 10.2. The number of sulfonamides is 1. The lowest BCUT2D eigenvalue weighted by Gasteiger charge is -2.32. The molecule has 0 unspecified atom stereocenters. The van der Waals surface area contributed by atoms with Gasteiger partial charge in [-0.05, 0) is 40.7 Å². The monoisotopic (exact) mass is 362 g/mol. The van der Waals surface area contributed by atoms with Crippen LogP contribution in [0.1, 0.15) is 5.56 Å². The highest BCUT2D eigenvalue weighted by atomic mass is 79.9. The van der Waals surface area contributed by atoms with E-state index in [1.807, 2.05) is 7.05 Å². The highest BCUT2D eigenvalue weighted by Crippen LogP contribution is 2.23. The van der Waals surface area contributed by atoms with Gasteiger partial charge in [-0.25, -0.2) is 13.4 Å². The van der Waals surface area contributed by atoms with E-state index in [9.17, 15) is 8.42 Å². The molecule has 1 aliphatic rings. The maximum atomic E-state index is 12.4. The van der Waals surface area contributed by atoms with E-state index in [2.05, 4.69) is 25.7 Å². The van der Waals surface area contributed by atoms with Gasteiger partial charge in [0.15, 0.2) is 0 Å². The van der Waals surface area contributed by atoms with E-state index >= 15 is 0 Å². The Hall–Kier alpha value is -0.510. The second-order valence-electron chi connectivity index (χ2n) is 4.85. The summed E-state index contributed by atoms with van der Waals surface area (Å²) in [4.78, 5) is 5.02. The molecule has 1 heterocycles. The number of hydrogen-bond donors (Lipinski definition) is 2. The Morgan fingerprint density at radius 2 is 1.95 bits per heavy atom. The number of nitrogens with one attached hydrogen (secondary N) is 1. The van der Waals surface area contributed by atoms with Crippen LogP contribution in [0.3, 0.4) is 0 Å². The van der Waals surface area contributed by atoms with Crippen LogP contribution in [0.5, 0.6) is 0 Å². The Morgan fingerprint density at radius 3 is 2.55 bits per heavy atom. The number of hydrogen-bond acceptors (Lipinski definition) is 5. The average molecular weight is 363 g/mol. The Balaban J connectivity index is 2.18. The van der Waals surface area contributed by atoms with Crippen LogP contribution >= 0.6 is 15.9 Å². The second-order valence-corrected chi connectivity index (χ2v) is 7.34. The summed E-state index contributed by atoms with van der Waals surface area (Å²) in [6.07, 6.45) is 0. The minimum absolute atomic E-state index is 0.222. The van der Waals surface area contributed by atoms with Crippen molar-refractivity contribution in [2.24, 2.45) is 5.73 Å².